The van der Waals surface area contributed by atoms with E-state index in [4.69, 9.17) is 14.5 Å². The van der Waals surface area contributed by atoms with Crippen LogP contribution in [0.4, 0.5) is 0 Å². The number of hydrogen-bond acceptors (Lipinski definition) is 5. The molecule has 2 unspecified atom stereocenters. The van der Waals surface area contributed by atoms with E-state index < -0.39 is 0 Å². The van der Waals surface area contributed by atoms with Crippen LogP contribution in [-0.2, 0) is 23.1 Å². The first-order valence-electron chi connectivity index (χ1n) is 11.1. The molecule has 30 heavy (non-hydrogen) atoms. The highest BCUT2D eigenvalue weighted by atomic mass is 127. The zero-order chi connectivity index (χ0) is 21.3. The fraction of sp³-hybridized carbons (Fsp3) is 0.857. The maximum absolute atomic E-state index is 6.02. The van der Waals surface area contributed by atoms with Crippen LogP contribution in [0.2, 0.25) is 0 Å². The fourth-order valence-corrected chi connectivity index (χ4v) is 4.16. The summed E-state index contributed by atoms with van der Waals surface area (Å²) in [7, 11) is 1.97. The molecule has 1 aromatic heterocycles. The monoisotopic (exact) mass is 536 g/mol. The molecule has 9 heteroatoms. The van der Waals surface area contributed by atoms with Crippen molar-refractivity contribution >= 4 is 29.9 Å². The van der Waals surface area contributed by atoms with E-state index in [-0.39, 0.29) is 29.4 Å². The number of nitrogens with zero attached hydrogens (tertiary/aromatic N) is 4. The van der Waals surface area contributed by atoms with E-state index in [0.717, 1.165) is 69.7 Å². The predicted octanol–water partition coefficient (Wildman–Crippen LogP) is 3.19. The molecule has 2 atom stereocenters. The molecule has 1 aliphatic rings. The lowest BCUT2D eigenvalue weighted by Crippen LogP contribution is -2.65. The second kappa shape index (κ2) is 13.5. The molecular weight excluding hydrogens is 495 g/mol. The molecule has 0 saturated heterocycles. The topological polar surface area (TPSA) is 85.6 Å². The summed E-state index contributed by atoms with van der Waals surface area (Å²) in [5.41, 5.74) is 0.158. The molecule has 8 nitrogen and oxygen atoms in total. The minimum Gasteiger partial charge on any atom is -0.382 e. The van der Waals surface area contributed by atoms with Crippen LogP contribution in [0.15, 0.2) is 4.99 Å². The van der Waals surface area contributed by atoms with Crippen LogP contribution >= 0.6 is 24.0 Å². The lowest BCUT2D eigenvalue weighted by Gasteiger charge is -2.55. The smallest absolute Gasteiger partial charge is 0.191 e. The van der Waals surface area contributed by atoms with Gasteiger partial charge in [-0.3, -0.25) is 0 Å². The lowest BCUT2D eigenvalue weighted by molar-refractivity contribution is -0.133. The van der Waals surface area contributed by atoms with Gasteiger partial charge >= 0.3 is 0 Å². The first-order valence-corrected chi connectivity index (χ1v) is 11.1. The van der Waals surface area contributed by atoms with Crippen LogP contribution in [-0.4, -0.2) is 59.2 Å². The predicted molar refractivity (Wildman–Crippen MR) is 131 cm³/mol. The normalized spacial score (nSPS) is 20.4. The van der Waals surface area contributed by atoms with Crippen LogP contribution in [0, 0.1) is 12.3 Å². The Morgan fingerprint density at radius 3 is 2.50 bits per heavy atom. The van der Waals surface area contributed by atoms with Crippen molar-refractivity contribution in [2.75, 3.05) is 26.4 Å². The molecule has 1 aromatic rings. The maximum Gasteiger partial charge on any atom is 0.191 e. The van der Waals surface area contributed by atoms with Crippen LogP contribution < -0.4 is 10.6 Å². The van der Waals surface area contributed by atoms with E-state index in [2.05, 4.69) is 41.6 Å². The van der Waals surface area contributed by atoms with Gasteiger partial charge in [-0.05, 0) is 46.5 Å². The van der Waals surface area contributed by atoms with Gasteiger partial charge < -0.3 is 24.7 Å². The average molecular weight is 537 g/mol. The molecule has 0 bridgehead atoms. The van der Waals surface area contributed by atoms with Crippen molar-refractivity contribution in [3.63, 3.8) is 0 Å². The Kier molecular flexibility index (Phi) is 12.2. The molecule has 174 valence electrons. The van der Waals surface area contributed by atoms with Crippen molar-refractivity contribution in [1.29, 1.82) is 0 Å². The highest BCUT2D eigenvalue weighted by Gasteiger charge is 2.53. The third-order valence-corrected chi connectivity index (χ3v) is 6.30. The molecular formula is C21H41IN6O2. The molecule has 0 spiro atoms. The van der Waals surface area contributed by atoms with Crippen molar-refractivity contribution in [1.82, 2.24) is 25.4 Å². The van der Waals surface area contributed by atoms with Crippen molar-refractivity contribution in [3.05, 3.63) is 11.6 Å². The van der Waals surface area contributed by atoms with Gasteiger partial charge in [0.05, 0.1) is 6.10 Å². The standard InChI is InChI=1S/C21H40N6O2.HI/c1-7-21(8-2)17(14-18(21)29-10-4)24-20(22-12-11-13-28-9-3)23-15-19-26-25-16(5)27(19)6;/h17-18H,7-15H2,1-6H3,(H2,22,23,24);1H. The molecule has 1 aliphatic carbocycles. The number of aryl methyl sites for hydroxylation is 1. The average Bonchev–Trinajstić information content (AvgIpc) is 3.03. The minimum atomic E-state index is 0. The van der Waals surface area contributed by atoms with Crippen molar-refractivity contribution in [2.24, 2.45) is 17.5 Å². The first-order chi connectivity index (χ1) is 14.0. The number of halogens is 1. The molecule has 0 aliphatic heterocycles. The fourth-order valence-electron chi connectivity index (χ4n) is 4.16. The lowest BCUT2D eigenvalue weighted by atomic mass is 9.58. The van der Waals surface area contributed by atoms with Crippen molar-refractivity contribution < 1.29 is 9.47 Å². The van der Waals surface area contributed by atoms with Gasteiger partial charge in [-0.25, -0.2) is 4.99 Å². The van der Waals surface area contributed by atoms with Crippen molar-refractivity contribution in [2.45, 2.75) is 79.0 Å². The third-order valence-electron chi connectivity index (χ3n) is 6.30. The summed E-state index contributed by atoms with van der Waals surface area (Å²) in [6.45, 7) is 14.1. The van der Waals surface area contributed by atoms with Gasteiger partial charge in [0.15, 0.2) is 11.8 Å². The van der Waals surface area contributed by atoms with Crippen LogP contribution in [0.25, 0.3) is 0 Å². The zero-order valence-electron chi connectivity index (χ0n) is 19.5. The minimum absolute atomic E-state index is 0. The number of rotatable bonds is 12. The Morgan fingerprint density at radius 2 is 1.93 bits per heavy atom. The largest absolute Gasteiger partial charge is 0.382 e. The number of aromatic nitrogens is 3. The molecule has 1 saturated carbocycles. The summed E-state index contributed by atoms with van der Waals surface area (Å²) in [6, 6.07) is 0.355. The summed E-state index contributed by atoms with van der Waals surface area (Å²) >= 11 is 0. The second-order valence-electron chi connectivity index (χ2n) is 7.68. The van der Waals surface area contributed by atoms with E-state index in [9.17, 15) is 0 Å². The zero-order valence-corrected chi connectivity index (χ0v) is 21.9. The number of hydrogen-bond donors (Lipinski definition) is 2. The van der Waals surface area contributed by atoms with E-state index in [0.29, 0.717) is 18.7 Å². The quantitative estimate of drug-likeness (QED) is 0.185. The van der Waals surface area contributed by atoms with E-state index >= 15 is 0 Å². The van der Waals surface area contributed by atoms with Crippen LogP contribution in [0.1, 0.15) is 65.0 Å². The molecule has 1 heterocycles. The Morgan fingerprint density at radius 1 is 1.20 bits per heavy atom. The summed E-state index contributed by atoms with van der Waals surface area (Å²) in [4.78, 5) is 4.80. The molecule has 2 N–H and O–H groups in total. The summed E-state index contributed by atoms with van der Waals surface area (Å²) < 4.78 is 13.4. The van der Waals surface area contributed by atoms with Crippen molar-refractivity contribution in [3.8, 4) is 0 Å². The third kappa shape index (κ3) is 6.53. The van der Waals surface area contributed by atoms with Gasteiger partial charge in [-0.1, -0.05) is 13.8 Å². The number of guanidine groups is 1. The molecule has 0 amide bonds. The van der Waals surface area contributed by atoms with Gasteiger partial charge in [0, 0.05) is 44.9 Å². The van der Waals surface area contributed by atoms with Gasteiger partial charge in [-0.2, -0.15) is 0 Å². The molecule has 0 aromatic carbocycles. The first kappa shape index (κ1) is 27.1. The highest BCUT2D eigenvalue weighted by Crippen LogP contribution is 2.48. The van der Waals surface area contributed by atoms with Gasteiger partial charge in [0.25, 0.3) is 0 Å². The maximum atomic E-state index is 6.02. The van der Waals surface area contributed by atoms with E-state index in [1.807, 2.05) is 25.5 Å². The van der Waals surface area contributed by atoms with Gasteiger partial charge in [-0.15, -0.1) is 34.2 Å². The second-order valence-corrected chi connectivity index (χ2v) is 7.68. The van der Waals surface area contributed by atoms with Crippen LogP contribution in [0.5, 0.6) is 0 Å². The SMILES string of the molecule is CCOCCCNC(=NCc1nnc(C)n1C)NC1CC(OCC)C1(CC)CC.I. The number of aliphatic imine (C=N–C) groups is 1. The Labute approximate surface area is 199 Å². The molecule has 0 radical (unpaired) electrons. The Bertz CT molecular complexity index is 647. The van der Waals surface area contributed by atoms with Crippen LogP contribution in [0.3, 0.4) is 0 Å². The molecule has 2 rings (SSSR count). The molecule has 1 fully saturated rings. The summed E-state index contributed by atoms with van der Waals surface area (Å²) in [5, 5.41) is 15.5. The Hall–Kier alpha value is -0.940. The van der Waals surface area contributed by atoms with E-state index in [1.165, 1.54) is 0 Å². The summed E-state index contributed by atoms with van der Waals surface area (Å²) in [6.07, 6.45) is 4.45. The number of ether oxygens (including phenoxy) is 2. The number of nitrogens with one attached hydrogen (secondary N) is 2. The van der Waals surface area contributed by atoms with Gasteiger partial charge in [0.2, 0.25) is 0 Å². The summed E-state index contributed by atoms with van der Waals surface area (Å²) in [5.74, 6) is 2.58. The van der Waals surface area contributed by atoms with E-state index in [1.54, 1.807) is 0 Å². The highest BCUT2D eigenvalue weighted by molar-refractivity contribution is 14.0. The van der Waals surface area contributed by atoms with Gasteiger partial charge in [0.1, 0.15) is 12.4 Å². The Balaban J connectivity index is 0.00000450.